The number of carbonyl (C=O) groups excluding carboxylic acids is 2. The lowest BCUT2D eigenvalue weighted by molar-refractivity contribution is -0.121. The molecule has 0 atom stereocenters. The van der Waals surface area contributed by atoms with Crippen molar-refractivity contribution in [3.8, 4) is 0 Å². The first-order chi connectivity index (χ1) is 16.9. The van der Waals surface area contributed by atoms with Gasteiger partial charge in [-0.2, -0.15) is 0 Å². The number of nitrogens with zero attached hydrogens (tertiary/aromatic N) is 2. The maximum absolute atomic E-state index is 13.2. The quantitative estimate of drug-likeness (QED) is 0.376. The highest BCUT2D eigenvalue weighted by atomic mass is 32.1. The van der Waals surface area contributed by atoms with Crippen LogP contribution < -0.4 is 21.9 Å². The number of anilines is 1. The van der Waals surface area contributed by atoms with Crippen LogP contribution in [0.1, 0.15) is 24.0 Å². The normalized spacial score (nSPS) is 10.9. The average molecular weight is 491 g/mol. The molecule has 180 valence electrons. The number of aromatic nitrogens is 2. The predicted molar refractivity (Wildman–Crippen MR) is 138 cm³/mol. The number of thiophene rings is 1. The van der Waals surface area contributed by atoms with E-state index in [1.165, 1.54) is 15.9 Å². The Hall–Kier alpha value is -3.98. The van der Waals surface area contributed by atoms with E-state index in [0.29, 0.717) is 28.9 Å². The van der Waals surface area contributed by atoms with Gasteiger partial charge in [-0.3, -0.25) is 23.5 Å². The summed E-state index contributed by atoms with van der Waals surface area (Å²) in [6, 6.07) is 18.6. The number of carbonyl (C=O) groups is 2. The van der Waals surface area contributed by atoms with Crippen LogP contribution in [-0.4, -0.2) is 20.9 Å². The van der Waals surface area contributed by atoms with E-state index in [2.05, 4.69) is 10.6 Å². The van der Waals surface area contributed by atoms with E-state index >= 15 is 0 Å². The number of aryl methyl sites for hydroxylation is 1. The Morgan fingerprint density at radius 1 is 0.914 bits per heavy atom. The lowest BCUT2D eigenvalue weighted by atomic mass is 10.2. The third kappa shape index (κ3) is 5.93. The van der Waals surface area contributed by atoms with E-state index in [1.807, 2.05) is 49.4 Å². The van der Waals surface area contributed by atoms with E-state index in [-0.39, 0.29) is 31.3 Å². The fraction of sp³-hybridized carbons (Fsp3) is 0.231. The second kappa shape index (κ2) is 11.0. The summed E-state index contributed by atoms with van der Waals surface area (Å²) >= 11 is 1.23. The first kappa shape index (κ1) is 24.2. The second-order valence-electron chi connectivity index (χ2n) is 8.24. The van der Waals surface area contributed by atoms with E-state index in [4.69, 9.17) is 0 Å². The molecule has 9 heteroatoms. The van der Waals surface area contributed by atoms with Gasteiger partial charge < -0.3 is 10.6 Å². The molecule has 0 bridgehead atoms. The van der Waals surface area contributed by atoms with Crippen LogP contribution in [0.4, 0.5) is 5.69 Å². The van der Waals surface area contributed by atoms with Crippen molar-refractivity contribution < 1.29 is 9.59 Å². The van der Waals surface area contributed by atoms with Gasteiger partial charge in [-0.15, -0.1) is 11.3 Å². The Kier molecular flexibility index (Phi) is 7.57. The van der Waals surface area contributed by atoms with Crippen LogP contribution in [0.3, 0.4) is 0 Å². The number of hydrogen-bond donors (Lipinski definition) is 2. The molecule has 0 fully saturated rings. The third-order valence-electron chi connectivity index (χ3n) is 5.59. The zero-order chi connectivity index (χ0) is 24.8. The van der Waals surface area contributed by atoms with Gasteiger partial charge >= 0.3 is 5.69 Å². The highest BCUT2D eigenvalue weighted by Gasteiger charge is 2.17. The van der Waals surface area contributed by atoms with Crippen molar-refractivity contribution >= 4 is 39.1 Å². The highest BCUT2D eigenvalue weighted by Crippen LogP contribution is 2.16. The Morgan fingerprint density at radius 2 is 1.66 bits per heavy atom. The largest absolute Gasteiger partial charge is 0.352 e. The van der Waals surface area contributed by atoms with Crippen LogP contribution in [0.5, 0.6) is 0 Å². The van der Waals surface area contributed by atoms with E-state index in [0.717, 1.165) is 15.7 Å². The third-order valence-corrected chi connectivity index (χ3v) is 6.48. The van der Waals surface area contributed by atoms with Gasteiger partial charge in [0, 0.05) is 25.2 Å². The molecule has 4 rings (SSSR count). The standard InChI is InChI=1S/C26H26N4O4S/c1-18-9-11-20(12-10-18)28-23(32)17-30-21-13-15-35-24(21)25(33)29(26(30)34)14-5-8-22(31)27-16-19-6-3-2-4-7-19/h2-4,6-7,9-13,15H,5,8,14,16-17H2,1H3,(H,27,31)(H,28,32). The summed E-state index contributed by atoms with van der Waals surface area (Å²) in [5.41, 5.74) is 2.16. The Bertz CT molecular complexity index is 1450. The lowest BCUT2D eigenvalue weighted by Gasteiger charge is -2.12. The van der Waals surface area contributed by atoms with Crippen LogP contribution in [0, 0.1) is 6.92 Å². The summed E-state index contributed by atoms with van der Waals surface area (Å²) in [5, 5.41) is 7.35. The molecule has 8 nitrogen and oxygen atoms in total. The molecule has 4 aromatic rings. The fourth-order valence-electron chi connectivity index (χ4n) is 3.75. The molecular weight excluding hydrogens is 464 g/mol. The number of fused-ring (bicyclic) bond motifs is 1. The molecular formula is C26H26N4O4S. The monoisotopic (exact) mass is 490 g/mol. The maximum Gasteiger partial charge on any atom is 0.332 e. The zero-order valence-corrected chi connectivity index (χ0v) is 20.1. The van der Waals surface area contributed by atoms with E-state index in [9.17, 15) is 19.2 Å². The molecule has 0 aliphatic carbocycles. The van der Waals surface area contributed by atoms with Crippen LogP contribution in [-0.2, 0) is 29.2 Å². The maximum atomic E-state index is 13.2. The molecule has 2 aromatic carbocycles. The van der Waals surface area contributed by atoms with Crippen molar-refractivity contribution in [2.45, 2.75) is 39.4 Å². The number of hydrogen-bond acceptors (Lipinski definition) is 5. The first-order valence-corrected chi connectivity index (χ1v) is 12.2. The summed E-state index contributed by atoms with van der Waals surface area (Å²) in [6.45, 7) is 2.24. The molecule has 0 aliphatic heterocycles. The molecule has 0 spiro atoms. The molecule has 2 aromatic heterocycles. The van der Waals surface area contributed by atoms with E-state index < -0.39 is 11.2 Å². The van der Waals surface area contributed by atoms with Gasteiger partial charge in [-0.25, -0.2) is 4.79 Å². The molecule has 0 unspecified atom stereocenters. The zero-order valence-electron chi connectivity index (χ0n) is 19.3. The SMILES string of the molecule is Cc1ccc(NC(=O)Cn2c(=O)n(CCCC(=O)NCc3ccccc3)c(=O)c3sccc32)cc1. The van der Waals surface area contributed by atoms with Gasteiger partial charge in [0.2, 0.25) is 11.8 Å². The topological polar surface area (TPSA) is 102 Å². The molecule has 2 amide bonds. The van der Waals surface area contributed by atoms with Crippen molar-refractivity contribution in [1.29, 1.82) is 0 Å². The van der Waals surface area contributed by atoms with Crippen LogP contribution in [0.25, 0.3) is 10.2 Å². The minimum atomic E-state index is -0.565. The van der Waals surface area contributed by atoms with E-state index in [1.54, 1.807) is 23.6 Å². The summed E-state index contributed by atoms with van der Waals surface area (Å²) in [4.78, 5) is 51.0. The molecule has 0 saturated heterocycles. The van der Waals surface area contributed by atoms with Crippen LogP contribution in [0.2, 0.25) is 0 Å². The summed E-state index contributed by atoms with van der Waals surface area (Å²) < 4.78 is 2.83. The minimum absolute atomic E-state index is 0.0871. The lowest BCUT2D eigenvalue weighted by Crippen LogP contribution is -2.41. The van der Waals surface area contributed by atoms with Gasteiger partial charge in [0.1, 0.15) is 11.2 Å². The number of rotatable bonds is 9. The smallest absolute Gasteiger partial charge is 0.332 e. The number of amides is 2. The van der Waals surface area contributed by atoms with Crippen LogP contribution in [0.15, 0.2) is 75.6 Å². The molecule has 35 heavy (non-hydrogen) atoms. The second-order valence-corrected chi connectivity index (χ2v) is 9.16. The molecule has 0 saturated carbocycles. The van der Waals surface area contributed by atoms with Crippen molar-refractivity contribution in [2.24, 2.45) is 0 Å². The molecule has 0 radical (unpaired) electrons. The van der Waals surface area contributed by atoms with Gasteiger partial charge in [0.25, 0.3) is 5.56 Å². The predicted octanol–water partition coefficient (Wildman–Crippen LogP) is 3.27. The molecule has 0 aliphatic rings. The Morgan fingerprint density at radius 3 is 2.40 bits per heavy atom. The molecule has 2 N–H and O–H groups in total. The first-order valence-electron chi connectivity index (χ1n) is 11.3. The summed E-state index contributed by atoms with van der Waals surface area (Å²) in [7, 11) is 0. The Labute approximate surface area is 205 Å². The Balaban J connectivity index is 1.45. The number of nitrogens with one attached hydrogen (secondary N) is 2. The van der Waals surface area contributed by atoms with Gasteiger partial charge in [-0.05, 0) is 42.5 Å². The van der Waals surface area contributed by atoms with Gasteiger partial charge in [0.15, 0.2) is 0 Å². The average Bonchev–Trinajstić information content (AvgIpc) is 3.35. The molecule has 2 heterocycles. The summed E-state index contributed by atoms with van der Waals surface area (Å²) in [5.74, 6) is -0.522. The van der Waals surface area contributed by atoms with Gasteiger partial charge in [0.05, 0.1) is 5.52 Å². The fourth-order valence-corrected chi connectivity index (χ4v) is 4.59. The number of benzene rings is 2. The van der Waals surface area contributed by atoms with Crippen LogP contribution >= 0.6 is 11.3 Å². The van der Waals surface area contributed by atoms with Crippen molar-refractivity contribution in [3.63, 3.8) is 0 Å². The van der Waals surface area contributed by atoms with Crippen molar-refractivity contribution in [1.82, 2.24) is 14.5 Å². The van der Waals surface area contributed by atoms with Gasteiger partial charge in [-0.1, -0.05) is 48.0 Å². The minimum Gasteiger partial charge on any atom is -0.352 e. The highest BCUT2D eigenvalue weighted by molar-refractivity contribution is 7.17. The van der Waals surface area contributed by atoms with Crippen molar-refractivity contribution in [3.05, 3.63) is 98.0 Å². The summed E-state index contributed by atoms with van der Waals surface area (Å²) in [6.07, 6.45) is 0.497. The van der Waals surface area contributed by atoms with Crippen molar-refractivity contribution in [2.75, 3.05) is 5.32 Å².